The van der Waals surface area contributed by atoms with Gasteiger partial charge in [0.2, 0.25) is 5.95 Å². The molecular weight excluding hydrogens is 162 g/mol. The van der Waals surface area contributed by atoms with Gasteiger partial charge in [-0.3, -0.25) is 0 Å². The lowest BCUT2D eigenvalue weighted by atomic mass is 10.4. The number of hydrogen-bond acceptors (Lipinski definition) is 3. The summed E-state index contributed by atoms with van der Waals surface area (Å²) in [5.41, 5.74) is 5.14. The largest absolute Gasteiger partial charge is 0.368 e. The molecule has 0 aliphatic rings. The van der Waals surface area contributed by atoms with Gasteiger partial charge in [-0.2, -0.15) is 0 Å². The van der Waals surface area contributed by atoms with Crippen molar-refractivity contribution in [2.24, 2.45) is 0 Å². The van der Waals surface area contributed by atoms with E-state index in [1.54, 1.807) is 18.5 Å². The Balaban J connectivity index is 0.000000132. The summed E-state index contributed by atoms with van der Waals surface area (Å²) in [7, 11) is 0. The third-order valence-electron chi connectivity index (χ3n) is 1.25. The normalized spacial score (nSPS) is 8.31. The van der Waals surface area contributed by atoms with E-state index in [1.807, 2.05) is 36.4 Å². The second kappa shape index (κ2) is 5.71. The van der Waals surface area contributed by atoms with E-state index in [2.05, 4.69) is 9.97 Å². The van der Waals surface area contributed by atoms with Gasteiger partial charge in [0.05, 0.1) is 0 Å². The maximum Gasteiger partial charge on any atom is 0.219 e. The van der Waals surface area contributed by atoms with Crippen molar-refractivity contribution in [3.8, 4) is 0 Å². The van der Waals surface area contributed by atoms with Gasteiger partial charge in [-0.25, -0.2) is 9.97 Å². The Morgan fingerprint density at radius 3 is 1.31 bits per heavy atom. The number of anilines is 1. The van der Waals surface area contributed by atoms with Crippen molar-refractivity contribution in [2.45, 2.75) is 0 Å². The molecule has 0 bridgehead atoms. The first-order chi connectivity index (χ1) is 6.39. The predicted molar refractivity (Wildman–Crippen MR) is 52.9 cm³/mol. The van der Waals surface area contributed by atoms with Crippen LogP contribution in [0.15, 0.2) is 54.9 Å². The summed E-state index contributed by atoms with van der Waals surface area (Å²) in [6, 6.07) is 13.7. The summed E-state index contributed by atoms with van der Waals surface area (Å²) in [6.07, 6.45) is 3.20. The molecule has 13 heavy (non-hydrogen) atoms. The first-order valence-electron chi connectivity index (χ1n) is 3.92. The fraction of sp³-hybridized carbons (Fsp3) is 0. The van der Waals surface area contributed by atoms with E-state index in [0.29, 0.717) is 5.95 Å². The summed E-state index contributed by atoms with van der Waals surface area (Å²) < 4.78 is 0. The van der Waals surface area contributed by atoms with Gasteiger partial charge in [0, 0.05) is 12.4 Å². The molecule has 1 heterocycles. The predicted octanol–water partition coefficient (Wildman–Crippen LogP) is 1.75. The highest BCUT2D eigenvalue weighted by atomic mass is 15.0. The summed E-state index contributed by atoms with van der Waals surface area (Å²) in [5.74, 6) is 0.322. The third kappa shape index (κ3) is 4.53. The van der Waals surface area contributed by atoms with Crippen LogP contribution in [0.25, 0.3) is 0 Å². The zero-order chi connectivity index (χ0) is 9.36. The third-order valence-corrected chi connectivity index (χ3v) is 1.25. The summed E-state index contributed by atoms with van der Waals surface area (Å²) in [6.45, 7) is 0. The van der Waals surface area contributed by atoms with E-state index in [-0.39, 0.29) is 0 Å². The Kier molecular flexibility index (Phi) is 4.04. The zero-order valence-corrected chi connectivity index (χ0v) is 7.17. The average Bonchev–Trinajstić information content (AvgIpc) is 2.22. The Morgan fingerprint density at radius 2 is 1.08 bits per heavy atom. The molecule has 1 aromatic heterocycles. The summed E-state index contributed by atoms with van der Waals surface area (Å²) in [4.78, 5) is 7.29. The van der Waals surface area contributed by atoms with Crippen LogP contribution in [0.3, 0.4) is 0 Å². The van der Waals surface area contributed by atoms with Crippen molar-refractivity contribution in [1.82, 2.24) is 9.97 Å². The quantitative estimate of drug-likeness (QED) is 0.660. The van der Waals surface area contributed by atoms with Crippen molar-refractivity contribution in [2.75, 3.05) is 5.73 Å². The minimum Gasteiger partial charge on any atom is -0.368 e. The van der Waals surface area contributed by atoms with Gasteiger partial charge in [0.1, 0.15) is 0 Å². The van der Waals surface area contributed by atoms with E-state index in [0.717, 1.165) is 0 Å². The molecule has 3 heteroatoms. The van der Waals surface area contributed by atoms with Crippen molar-refractivity contribution >= 4 is 5.95 Å². The lowest BCUT2D eigenvalue weighted by molar-refractivity contribution is 1.19. The maximum absolute atomic E-state index is 5.14. The highest BCUT2D eigenvalue weighted by Gasteiger charge is 1.75. The standard InChI is InChI=1S/C6H6.C4H5N3/c1-2-4-6-5-3-1;5-4-6-2-1-3-7-4/h1-6H;1-3H,(H2,5,6,7). The van der Waals surface area contributed by atoms with Crippen LogP contribution in [0.4, 0.5) is 5.95 Å². The monoisotopic (exact) mass is 173 g/mol. The van der Waals surface area contributed by atoms with E-state index in [1.165, 1.54) is 0 Å². The topological polar surface area (TPSA) is 51.8 Å². The second-order valence-corrected chi connectivity index (χ2v) is 2.26. The van der Waals surface area contributed by atoms with E-state index < -0.39 is 0 Å². The maximum atomic E-state index is 5.14. The highest BCUT2D eigenvalue weighted by Crippen LogP contribution is 1.81. The van der Waals surface area contributed by atoms with Gasteiger partial charge >= 0.3 is 0 Å². The van der Waals surface area contributed by atoms with Gasteiger partial charge < -0.3 is 5.73 Å². The summed E-state index contributed by atoms with van der Waals surface area (Å²) in [5, 5.41) is 0. The molecule has 0 atom stereocenters. The molecule has 0 saturated carbocycles. The molecule has 0 saturated heterocycles. The zero-order valence-electron chi connectivity index (χ0n) is 7.17. The molecule has 0 unspecified atom stereocenters. The van der Waals surface area contributed by atoms with E-state index in [4.69, 9.17) is 5.73 Å². The number of aromatic nitrogens is 2. The molecule has 3 nitrogen and oxygen atoms in total. The number of nitrogens with zero attached hydrogens (tertiary/aromatic N) is 2. The molecule has 2 N–H and O–H groups in total. The molecule has 2 rings (SSSR count). The van der Waals surface area contributed by atoms with Crippen LogP contribution >= 0.6 is 0 Å². The molecule has 0 fully saturated rings. The Morgan fingerprint density at radius 1 is 0.692 bits per heavy atom. The Hall–Kier alpha value is -1.90. The number of nitrogens with two attached hydrogens (primary N) is 1. The number of benzene rings is 1. The van der Waals surface area contributed by atoms with E-state index >= 15 is 0 Å². The lowest BCUT2D eigenvalue weighted by Crippen LogP contribution is -1.90. The Labute approximate surface area is 77.3 Å². The number of rotatable bonds is 0. The fourth-order valence-corrected chi connectivity index (χ4v) is 0.696. The van der Waals surface area contributed by atoms with Crippen LogP contribution in [-0.2, 0) is 0 Å². The van der Waals surface area contributed by atoms with Crippen LogP contribution in [0.5, 0.6) is 0 Å². The van der Waals surface area contributed by atoms with Crippen molar-refractivity contribution in [3.63, 3.8) is 0 Å². The SMILES string of the molecule is Nc1ncccn1.c1ccccc1. The van der Waals surface area contributed by atoms with Gasteiger partial charge in [-0.05, 0) is 6.07 Å². The van der Waals surface area contributed by atoms with Crippen molar-refractivity contribution < 1.29 is 0 Å². The molecule has 0 radical (unpaired) electrons. The van der Waals surface area contributed by atoms with Crippen molar-refractivity contribution in [1.29, 1.82) is 0 Å². The second-order valence-electron chi connectivity index (χ2n) is 2.26. The van der Waals surface area contributed by atoms with Crippen molar-refractivity contribution in [3.05, 3.63) is 54.9 Å². The van der Waals surface area contributed by atoms with Gasteiger partial charge in [0.15, 0.2) is 0 Å². The number of hydrogen-bond donors (Lipinski definition) is 1. The molecule has 0 amide bonds. The Bertz CT molecular complexity index is 281. The summed E-state index contributed by atoms with van der Waals surface area (Å²) >= 11 is 0. The molecule has 2 aromatic rings. The molecule has 1 aromatic carbocycles. The van der Waals surface area contributed by atoms with Crippen LogP contribution in [-0.4, -0.2) is 9.97 Å². The average molecular weight is 173 g/mol. The van der Waals surface area contributed by atoms with Crippen LogP contribution < -0.4 is 5.73 Å². The van der Waals surface area contributed by atoms with Crippen LogP contribution in [0, 0.1) is 0 Å². The van der Waals surface area contributed by atoms with Crippen LogP contribution in [0.1, 0.15) is 0 Å². The molecule has 0 spiro atoms. The minimum absolute atomic E-state index is 0.322. The van der Waals surface area contributed by atoms with Crippen LogP contribution in [0.2, 0.25) is 0 Å². The molecule has 0 aliphatic heterocycles. The molecular formula is C10H11N3. The lowest BCUT2D eigenvalue weighted by Gasteiger charge is -1.82. The minimum atomic E-state index is 0.322. The molecule has 66 valence electrons. The van der Waals surface area contributed by atoms with E-state index in [9.17, 15) is 0 Å². The fourth-order valence-electron chi connectivity index (χ4n) is 0.696. The first-order valence-corrected chi connectivity index (χ1v) is 3.92. The first kappa shape index (κ1) is 9.19. The van der Waals surface area contributed by atoms with Gasteiger partial charge in [-0.15, -0.1) is 0 Å². The highest BCUT2D eigenvalue weighted by molar-refractivity contribution is 5.11. The smallest absolute Gasteiger partial charge is 0.219 e. The number of nitrogen functional groups attached to an aromatic ring is 1. The van der Waals surface area contributed by atoms with Gasteiger partial charge in [0.25, 0.3) is 0 Å². The van der Waals surface area contributed by atoms with Gasteiger partial charge in [-0.1, -0.05) is 36.4 Å². The molecule has 0 aliphatic carbocycles.